The highest BCUT2D eigenvalue weighted by Gasteiger charge is 2.38. The van der Waals surface area contributed by atoms with Crippen molar-refractivity contribution in [2.45, 2.75) is 112 Å². The maximum Gasteiger partial charge on any atom is 0.408 e. The number of aryl methyl sites for hydroxylation is 1. The van der Waals surface area contributed by atoms with E-state index in [2.05, 4.69) is 17.6 Å². The van der Waals surface area contributed by atoms with E-state index in [1.807, 2.05) is 20.8 Å². The summed E-state index contributed by atoms with van der Waals surface area (Å²) in [5.41, 5.74) is 0.531. The third kappa shape index (κ3) is 10.6. The molecule has 0 aromatic heterocycles. The molecule has 1 aromatic rings. The lowest BCUT2D eigenvalue weighted by Gasteiger charge is -2.36. The number of aromatic hydroxyl groups is 1. The quantitative estimate of drug-likeness (QED) is 0.277. The molecule has 3 amide bonds. The van der Waals surface area contributed by atoms with Gasteiger partial charge in [0.05, 0.1) is 0 Å². The topological polar surface area (TPSA) is 108 Å². The number of benzene rings is 1. The van der Waals surface area contributed by atoms with Gasteiger partial charge in [-0.1, -0.05) is 59.4 Å². The molecule has 8 heteroatoms. The Balaban J connectivity index is 3.52. The Hall–Kier alpha value is -2.77. The highest BCUT2D eigenvalue weighted by atomic mass is 16.6. The molecule has 0 aliphatic carbocycles. The first-order chi connectivity index (χ1) is 17.4. The van der Waals surface area contributed by atoms with Gasteiger partial charge in [0.2, 0.25) is 11.8 Å². The molecule has 3 unspecified atom stereocenters. The molecule has 0 heterocycles. The summed E-state index contributed by atoms with van der Waals surface area (Å²) >= 11 is 0. The molecule has 0 radical (unpaired) electrons. The smallest absolute Gasteiger partial charge is 0.408 e. The fraction of sp³-hybridized carbons (Fsp3) is 0.690. The van der Waals surface area contributed by atoms with E-state index in [0.29, 0.717) is 30.6 Å². The first kappa shape index (κ1) is 32.3. The Kier molecular flexibility index (Phi) is 13.5. The first-order valence-corrected chi connectivity index (χ1v) is 13.7. The Morgan fingerprint density at radius 1 is 1.05 bits per heavy atom. The van der Waals surface area contributed by atoms with E-state index in [9.17, 15) is 19.5 Å². The van der Waals surface area contributed by atoms with E-state index >= 15 is 0 Å². The van der Waals surface area contributed by atoms with E-state index in [0.717, 1.165) is 32.1 Å². The highest BCUT2D eigenvalue weighted by molar-refractivity contribution is 5.92. The molecule has 0 bridgehead atoms. The molecule has 8 nitrogen and oxygen atoms in total. The summed E-state index contributed by atoms with van der Waals surface area (Å²) in [6.07, 6.45) is 4.32. The minimum Gasteiger partial charge on any atom is -0.508 e. The van der Waals surface area contributed by atoms with Gasteiger partial charge in [-0.25, -0.2) is 4.79 Å². The fourth-order valence-electron chi connectivity index (χ4n) is 4.00. The summed E-state index contributed by atoms with van der Waals surface area (Å²) in [4.78, 5) is 42.0. The van der Waals surface area contributed by atoms with Crippen molar-refractivity contribution in [2.24, 2.45) is 5.92 Å². The molecule has 0 saturated carbocycles. The molecule has 0 fully saturated rings. The van der Waals surface area contributed by atoms with Gasteiger partial charge in [0, 0.05) is 13.1 Å². The van der Waals surface area contributed by atoms with Gasteiger partial charge < -0.3 is 25.4 Å². The summed E-state index contributed by atoms with van der Waals surface area (Å²) < 4.78 is 5.45. The normalized spacial score (nSPS) is 13.8. The number of carbonyl (C=O) groups excluding carboxylic acids is 3. The van der Waals surface area contributed by atoms with E-state index in [4.69, 9.17) is 4.74 Å². The van der Waals surface area contributed by atoms with Crippen LogP contribution in [0.1, 0.15) is 104 Å². The maximum absolute atomic E-state index is 14.2. The van der Waals surface area contributed by atoms with Crippen LogP contribution in [0.4, 0.5) is 4.79 Å². The summed E-state index contributed by atoms with van der Waals surface area (Å²) in [5, 5.41) is 15.9. The molecule has 1 rings (SSSR count). The molecule has 37 heavy (non-hydrogen) atoms. The zero-order valence-corrected chi connectivity index (χ0v) is 24.1. The SMILES string of the molecule is CCCCCN(C(=O)C(NC(=O)OC(C)(C)C)C(C)CC)C(C(=O)NCCCC)c1ccc(O)c(C)c1. The average molecular weight is 520 g/mol. The monoisotopic (exact) mass is 519 g/mol. The number of ether oxygens (including phenoxy) is 1. The van der Waals surface area contributed by atoms with Crippen LogP contribution in [0, 0.1) is 12.8 Å². The Morgan fingerprint density at radius 3 is 2.24 bits per heavy atom. The van der Waals surface area contributed by atoms with Crippen LogP contribution in [0.15, 0.2) is 18.2 Å². The first-order valence-electron chi connectivity index (χ1n) is 13.7. The van der Waals surface area contributed by atoms with Crippen molar-refractivity contribution in [2.75, 3.05) is 13.1 Å². The molecule has 0 aliphatic rings. The molecule has 3 atom stereocenters. The van der Waals surface area contributed by atoms with Crippen LogP contribution in [-0.2, 0) is 14.3 Å². The van der Waals surface area contributed by atoms with Gasteiger partial charge in [-0.3, -0.25) is 9.59 Å². The van der Waals surface area contributed by atoms with Crippen molar-refractivity contribution < 1.29 is 24.2 Å². The summed E-state index contributed by atoms with van der Waals surface area (Å²) in [6, 6.07) is 3.24. The number of phenolic OH excluding ortho intramolecular Hbond substituents is 1. The lowest BCUT2D eigenvalue weighted by molar-refractivity contribution is -0.143. The van der Waals surface area contributed by atoms with Crippen LogP contribution in [0.3, 0.4) is 0 Å². The number of rotatable bonds is 14. The number of hydrogen-bond donors (Lipinski definition) is 3. The molecule has 210 valence electrons. The van der Waals surface area contributed by atoms with Crippen LogP contribution in [-0.4, -0.2) is 52.6 Å². The number of carbonyl (C=O) groups is 3. The third-order valence-corrected chi connectivity index (χ3v) is 6.36. The minimum absolute atomic E-state index is 0.127. The lowest BCUT2D eigenvalue weighted by Crippen LogP contribution is -2.55. The number of unbranched alkanes of at least 4 members (excludes halogenated alkanes) is 3. The maximum atomic E-state index is 14.2. The molecular weight excluding hydrogens is 470 g/mol. The largest absolute Gasteiger partial charge is 0.508 e. The van der Waals surface area contributed by atoms with Crippen LogP contribution in [0.5, 0.6) is 5.75 Å². The Labute approximate surface area is 223 Å². The number of nitrogens with zero attached hydrogens (tertiary/aromatic N) is 1. The number of nitrogens with one attached hydrogen (secondary N) is 2. The van der Waals surface area contributed by atoms with Crippen molar-refractivity contribution >= 4 is 17.9 Å². The van der Waals surface area contributed by atoms with Crippen LogP contribution in [0.25, 0.3) is 0 Å². The molecule has 0 aliphatic heterocycles. The fourth-order valence-corrected chi connectivity index (χ4v) is 4.00. The predicted molar refractivity (Wildman–Crippen MR) is 147 cm³/mol. The number of alkyl carbamates (subject to hydrolysis) is 1. The highest BCUT2D eigenvalue weighted by Crippen LogP contribution is 2.28. The van der Waals surface area contributed by atoms with Crippen molar-refractivity contribution in [1.82, 2.24) is 15.5 Å². The van der Waals surface area contributed by atoms with Gasteiger partial charge in [-0.05, 0) is 69.7 Å². The van der Waals surface area contributed by atoms with Gasteiger partial charge >= 0.3 is 6.09 Å². The van der Waals surface area contributed by atoms with Crippen molar-refractivity contribution in [3.05, 3.63) is 29.3 Å². The Morgan fingerprint density at radius 2 is 1.70 bits per heavy atom. The van der Waals surface area contributed by atoms with Crippen molar-refractivity contribution in [3.63, 3.8) is 0 Å². The number of amides is 3. The van der Waals surface area contributed by atoms with Gasteiger partial charge in [0.25, 0.3) is 0 Å². The number of phenols is 1. The van der Waals surface area contributed by atoms with Crippen LogP contribution < -0.4 is 10.6 Å². The molecular formula is C29H49N3O5. The second-order valence-corrected chi connectivity index (χ2v) is 10.8. The van der Waals surface area contributed by atoms with Gasteiger partial charge in [0.1, 0.15) is 23.4 Å². The lowest BCUT2D eigenvalue weighted by atomic mass is 9.95. The average Bonchev–Trinajstić information content (AvgIpc) is 2.82. The zero-order chi connectivity index (χ0) is 28.2. The van der Waals surface area contributed by atoms with Crippen LogP contribution >= 0.6 is 0 Å². The van der Waals surface area contributed by atoms with Crippen molar-refractivity contribution in [1.29, 1.82) is 0 Å². The summed E-state index contributed by atoms with van der Waals surface area (Å²) in [6.45, 7) is 15.9. The predicted octanol–water partition coefficient (Wildman–Crippen LogP) is 5.62. The van der Waals surface area contributed by atoms with Crippen molar-refractivity contribution in [3.8, 4) is 5.75 Å². The van der Waals surface area contributed by atoms with Gasteiger partial charge in [-0.15, -0.1) is 0 Å². The minimum atomic E-state index is -0.896. The van der Waals surface area contributed by atoms with E-state index in [1.165, 1.54) is 0 Å². The van der Waals surface area contributed by atoms with E-state index < -0.39 is 23.8 Å². The standard InChI is InChI=1S/C29H49N3O5/c1-9-12-14-18-32(27(35)24(20(4)11-3)31-28(36)37-29(6,7)8)25(26(34)30-17-13-10-2)22-15-16-23(33)21(5)19-22/h15-16,19-20,24-25,33H,9-14,17-18H2,1-8H3,(H,30,34)(H,31,36). The van der Waals surface area contributed by atoms with E-state index in [1.54, 1.807) is 50.8 Å². The van der Waals surface area contributed by atoms with E-state index in [-0.39, 0.29) is 23.5 Å². The van der Waals surface area contributed by atoms with Crippen LogP contribution in [0.2, 0.25) is 0 Å². The second-order valence-electron chi connectivity index (χ2n) is 10.8. The second kappa shape index (κ2) is 15.5. The summed E-state index contributed by atoms with van der Waals surface area (Å²) in [7, 11) is 0. The number of hydrogen-bond acceptors (Lipinski definition) is 5. The third-order valence-electron chi connectivity index (χ3n) is 6.36. The summed E-state index contributed by atoms with van der Waals surface area (Å²) in [5.74, 6) is -0.651. The molecule has 3 N–H and O–H groups in total. The zero-order valence-electron chi connectivity index (χ0n) is 24.1. The van der Waals surface area contributed by atoms with Gasteiger partial charge in [-0.2, -0.15) is 0 Å². The molecule has 0 saturated heterocycles. The molecule has 1 aromatic carbocycles. The molecule has 0 spiro atoms. The Bertz CT molecular complexity index is 881. The van der Waals surface area contributed by atoms with Gasteiger partial charge in [0.15, 0.2) is 0 Å².